The number of rotatable bonds is 11. The van der Waals surface area contributed by atoms with Crippen LogP contribution in [0.1, 0.15) is 53.9 Å². The van der Waals surface area contributed by atoms with E-state index in [4.69, 9.17) is 18.9 Å². The fourth-order valence-electron chi connectivity index (χ4n) is 5.67. The van der Waals surface area contributed by atoms with Crippen molar-refractivity contribution >= 4 is 0 Å². The van der Waals surface area contributed by atoms with Crippen molar-refractivity contribution in [1.82, 2.24) is 0 Å². The average Bonchev–Trinajstić information content (AvgIpc) is 2.96. The van der Waals surface area contributed by atoms with Gasteiger partial charge in [0.2, 0.25) is 0 Å². The molecule has 0 spiro atoms. The molecule has 3 rings (SSSR count). The second kappa shape index (κ2) is 16.0. The Labute approximate surface area is 254 Å². The smallest absolute Gasteiger partial charge is 0.187 e. The lowest BCUT2D eigenvalue weighted by Gasteiger charge is -2.45. The van der Waals surface area contributed by atoms with E-state index in [9.17, 15) is 35.7 Å². The quantitative estimate of drug-likeness (QED) is 0.167. The van der Waals surface area contributed by atoms with Crippen LogP contribution in [-0.4, -0.2) is 117 Å². The maximum atomic E-state index is 10.7. The molecular weight excluding hydrogens is 560 g/mol. The Kier molecular flexibility index (Phi) is 13.3. The molecule has 0 amide bonds. The molecular formula is C32H50O11. The summed E-state index contributed by atoms with van der Waals surface area (Å²) in [5.74, 6) is 0. The Morgan fingerprint density at radius 2 is 1.51 bits per heavy atom. The summed E-state index contributed by atoms with van der Waals surface area (Å²) < 4.78 is 22.1. The number of aliphatic hydroxyl groups excluding tert-OH is 7. The molecule has 1 aliphatic carbocycles. The summed E-state index contributed by atoms with van der Waals surface area (Å²) in [7, 11) is 0. The molecule has 0 saturated carbocycles. The van der Waals surface area contributed by atoms with Gasteiger partial charge >= 0.3 is 0 Å². The summed E-state index contributed by atoms with van der Waals surface area (Å²) in [6.07, 6.45) is 0.747. The molecule has 0 aromatic heterocycles. The lowest BCUT2D eigenvalue weighted by molar-refractivity contribution is -0.358. The van der Waals surface area contributed by atoms with Crippen LogP contribution in [0.4, 0.5) is 0 Å². The lowest BCUT2D eigenvalue weighted by Crippen LogP contribution is -2.64. The monoisotopic (exact) mass is 610 g/mol. The highest BCUT2D eigenvalue weighted by Gasteiger charge is 2.50. The van der Waals surface area contributed by atoms with Crippen molar-refractivity contribution in [3.8, 4) is 0 Å². The lowest BCUT2D eigenvalue weighted by atomic mass is 9.72. The van der Waals surface area contributed by atoms with E-state index in [1.807, 2.05) is 32.1 Å². The topological polar surface area (TPSA) is 179 Å². The summed E-state index contributed by atoms with van der Waals surface area (Å²) >= 11 is 0. The van der Waals surface area contributed by atoms with Crippen molar-refractivity contribution in [2.75, 3.05) is 19.8 Å². The molecule has 0 radical (unpaired) electrons. The molecule has 43 heavy (non-hydrogen) atoms. The molecule has 0 bridgehead atoms. The fourth-order valence-corrected chi connectivity index (χ4v) is 5.67. The van der Waals surface area contributed by atoms with Crippen LogP contribution in [0.5, 0.6) is 0 Å². The number of hydrogen-bond acceptors (Lipinski definition) is 11. The largest absolute Gasteiger partial charge is 0.394 e. The molecule has 3 aliphatic rings. The molecule has 7 N–H and O–H groups in total. The van der Waals surface area contributed by atoms with E-state index in [0.717, 1.165) is 17.6 Å². The van der Waals surface area contributed by atoms with Gasteiger partial charge in [-0.25, -0.2) is 0 Å². The normalized spacial score (nSPS) is 38.0. The van der Waals surface area contributed by atoms with Gasteiger partial charge in [0.15, 0.2) is 12.6 Å². The first-order valence-corrected chi connectivity index (χ1v) is 14.9. The van der Waals surface area contributed by atoms with E-state index < -0.39 is 74.6 Å². The highest BCUT2D eigenvalue weighted by molar-refractivity contribution is 5.37. The van der Waals surface area contributed by atoms with E-state index in [-0.39, 0.29) is 12.0 Å². The first-order valence-electron chi connectivity index (χ1n) is 14.9. The van der Waals surface area contributed by atoms with Gasteiger partial charge in [-0.2, -0.15) is 0 Å². The summed E-state index contributed by atoms with van der Waals surface area (Å²) in [6, 6.07) is 0. The summed E-state index contributed by atoms with van der Waals surface area (Å²) in [5.41, 5.74) is 5.07. The van der Waals surface area contributed by atoms with Gasteiger partial charge in [-0.3, -0.25) is 0 Å². The number of hydrogen-bond donors (Lipinski definition) is 7. The van der Waals surface area contributed by atoms with Gasteiger partial charge < -0.3 is 54.7 Å². The molecule has 244 valence electrons. The van der Waals surface area contributed by atoms with E-state index >= 15 is 0 Å². The third-order valence-corrected chi connectivity index (χ3v) is 8.40. The minimum atomic E-state index is -1.73. The third kappa shape index (κ3) is 9.15. The van der Waals surface area contributed by atoms with Crippen LogP contribution >= 0.6 is 0 Å². The number of ether oxygens (including phenoxy) is 4. The van der Waals surface area contributed by atoms with Gasteiger partial charge in [0, 0.05) is 0 Å². The van der Waals surface area contributed by atoms with E-state index in [1.54, 1.807) is 6.08 Å². The van der Waals surface area contributed by atoms with Crippen LogP contribution in [0, 0.1) is 5.41 Å². The Morgan fingerprint density at radius 3 is 2.16 bits per heavy atom. The average molecular weight is 611 g/mol. The zero-order valence-corrected chi connectivity index (χ0v) is 25.7. The molecule has 11 heteroatoms. The zero-order chi connectivity index (χ0) is 31.9. The van der Waals surface area contributed by atoms with Crippen LogP contribution in [-0.2, 0) is 18.9 Å². The minimum Gasteiger partial charge on any atom is -0.394 e. The predicted octanol–water partition coefficient (Wildman–Crippen LogP) is 1.16. The fraction of sp³-hybridized carbons (Fsp3) is 0.688. The Balaban J connectivity index is 1.54. The van der Waals surface area contributed by atoms with E-state index in [2.05, 4.69) is 32.9 Å². The van der Waals surface area contributed by atoms with Crippen molar-refractivity contribution in [2.24, 2.45) is 5.41 Å². The third-order valence-electron chi connectivity index (χ3n) is 8.40. The molecule has 0 aromatic rings. The van der Waals surface area contributed by atoms with Gasteiger partial charge in [-0.15, -0.1) is 0 Å². The molecule has 10 atom stereocenters. The standard InChI is InChI=1S/C32H50O11/c1-18(11-12-21-20(3)10-7-14-32(21,4)5)8-6-9-19(2)13-15-40-30-28(39)26(37)29(23(17-34)42-30)43-31-27(38)25(36)24(35)22(16-33)41-31/h6,8-9,11-13,22-31,33-39H,7,10,14-17H2,1-5H3/b9-6+,12-11+,18-8+,19-13+/t22-,23-,24-,25+,26-,27-,28-,29-,30?,31+/m1/s1. The predicted molar refractivity (Wildman–Crippen MR) is 158 cm³/mol. The van der Waals surface area contributed by atoms with Gasteiger partial charge in [-0.05, 0) is 51.0 Å². The molecule has 1 unspecified atom stereocenters. The molecule has 11 nitrogen and oxygen atoms in total. The zero-order valence-electron chi connectivity index (χ0n) is 25.7. The highest BCUT2D eigenvalue weighted by atomic mass is 16.7. The van der Waals surface area contributed by atoms with Gasteiger partial charge in [-0.1, -0.05) is 67.0 Å². The van der Waals surface area contributed by atoms with Gasteiger partial charge in [0.05, 0.1) is 19.8 Å². The molecule has 2 fully saturated rings. The minimum absolute atomic E-state index is 0.0477. The van der Waals surface area contributed by atoms with Crippen molar-refractivity contribution in [1.29, 1.82) is 0 Å². The van der Waals surface area contributed by atoms with E-state index in [0.29, 0.717) is 0 Å². The van der Waals surface area contributed by atoms with Crippen LogP contribution in [0.3, 0.4) is 0 Å². The molecule has 2 saturated heterocycles. The highest BCUT2D eigenvalue weighted by Crippen LogP contribution is 2.40. The van der Waals surface area contributed by atoms with E-state index in [1.165, 1.54) is 24.0 Å². The Bertz CT molecular complexity index is 1060. The van der Waals surface area contributed by atoms with Crippen LogP contribution in [0.25, 0.3) is 0 Å². The SMILES string of the molecule is CC1=C(/C=C/C(C)=C/C=C/C(C)=C/COC2O[C@H](CO)[C@@H](O[C@@H]3O[C@H](CO)[C@@H](O)[C@H](O)[C@H]3O)[C@H](O)[C@H]2O)C(C)(C)CCC1. The van der Waals surface area contributed by atoms with Crippen LogP contribution < -0.4 is 0 Å². The number of aliphatic hydroxyl groups is 7. The Hall–Kier alpha value is -1.74. The van der Waals surface area contributed by atoms with Crippen LogP contribution in [0.2, 0.25) is 0 Å². The summed E-state index contributed by atoms with van der Waals surface area (Å²) in [6.45, 7) is 9.51. The van der Waals surface area contributed by atoms with Gasteiger partial charge in [0.25, 0.3) is 0 Å². The maximum absolute atomic E-state index is 10.7. The summed E-state index contributed by atoms with van der Waals surface area (Å²) in [5, 5.41) is 70.8. The van der Waals surface area contributed by atoms with Crippen molar-refractivity contribution < 1.29 is 54.7 Å². The van der Waals surface area contributed by atoms with Crippen molar-refractivity contribution in [2.45, 2.75) is 115 Å². The van der Waals surface area contributed by atoms with Crippen LogP contribution in [0.15, 0.2) is 58.7 Å². The molecule has 2 heterocycles. The van der Waals surface area contributed by atoms with Crippen molar-refractivity contribution in [3.63, 3.8) is 0 Å². The number of allylic oxidation sites excluding steroid dienone is 9. The maximum Gasteiger partial charge on any atom is 0.187 e. The first kappa shape index (κ1) is 35.7. The molecule has 2 aliphatic heterocycles. The van der Waals surface area contributed by atoms with Crippen molar-refractivity contribution in [3.05, 3.63) is 58.7 Å². The second-order valence-corrected chi connectivity index (χ2v) is 12.3. The summed E-state index contributed by atoms with van der Waals surface area (Å²) in [4.78, 5) is 0. The Morgan fingerprint density at radius 1 is 0.860 bits per heavy atom. The second-order valence-electron chi connectivity index (χ2n) is 12.3. The molecule has 0 aromatic carbocycles. The first-order chi connectivity index (χ1) is 20.3. The van der Waals surface area contributed by atoms with Gasteiger partial charge in [0.1, 0.15) is 48.8 Å².